The topological polar surface area (TPSA) is 17.1 Å². The first-order valence-corrected chi connectivity index (χ1v) is 11.0. The Morgan fingerprint density at radius 3 is 1.42 bits per heavy atom. The van der Waals surface area contributed by atoms with Gasteiger partial charge >= 0.3 is 0 Å². The summed E-state index contributed by atoms with van der Waals surface area (Å²) >= 11 is 5.31. The van der Waals surface area contributed by atoms with Gasteiger partial charge in [0, 0.05) is 6.42 Å². The van der Waals surface area contributed by atoms with E-state index >= 15 is 0 Å². The summed E-state index contributed by atoms with van der Waals surface area (Å²) in [4.78, 5) is 10.6. The van der Waals surface area contributed by atoms with Crippen molar-refractivity contribution in [2.75, 3.05) is 0 Å². The molecule has 0 aliphatic heterocycles. The zero-order valence-corrected chi connectivity index (χ0v) is 16.9. The minimum Gasteiger partial charge on any atom is -0.281 e. The molecule has 0 radical (unpaired) electrons. The number of hydrogen-bond acceptors (Lipinski definition) is 1. The first-order chi connectivity index (χ1) is 11.8. The highest BCUT2D eigenvalue weighted by atomic mass is 35.5. The maximum Gasteiger partial charge on any atom is 0.221 e. The number of hydrogen-bond donors (Lipinski definition) is 0. The van der Waals surface area contributed by atoms with Crippen LogP contribution in [0.4, 0.5) is 0 Å². The molecule has 0 rings (SSSR count). The fourth-order valence-corrected chi connectivity index (χ4v) is 3.18. The summed E-state index contributed by atoms with van der Waals surface area (Å²) in [5, 5.41) is -0.186. The Kier molecular flexibility index (Phi) is 20.5. The third-order valence-electron chi connectivity index (χ3n) is 4.64. The van der Waals surface area contributed by atoms with E-state index in [9.17, 15) is 4.79 Å². The first kappa shape index (κ1) is 23.7. The SMILES string of the molecule is CCCCCCCCCC/C=C/CCCCCCCCCC(=O)Cl. The lowest BCUT2D eigenvalue weighted by Gasteiger charge is -2.00. The van der Waals surface area contributed by atoms with E-state index in [1.54, 1.807) is 0 Å². The van der Waals surface area contributed by atoms with Gasteiger partial charge in [-0.1, -0.05) is 96.1 Å². The molecule has 0 bridgehead atoms. The van der Waals surface area contributed by atoms with Gasteiger partial charge in [-0.3, -0.25) is 4.79 Å². The zero-order valence-electron chi connectivity index (χ0n) is 16.2. The van der Waals surface area contributed by atoms with Gasteiger partial charge in [0.2, 0.25) is 5.24 Å². The van der Waals surface area contributed by atoms with E-state index in [1.165, 1.54) is 96.3 Å². The average molecular weight is 357 g/mol. The summed E-state index contributed by atoms with van der Waals surface area (Å²) in [6, 6.07) is 0. The van der Waals surface area contributed by atoms with Crippen LogP contribution in [0, 0.1) is 0 Å². The van der Waals surface area contributed by atoms with E-state index in [0.717, 1.165) is 12.8 Å². The van der Waals surface area contributed by atoms with E-state index < -0.39 is 0 Å². The number of rotatable bonds is 19. The molecule has 0 saturated heterocycles. The molecule has 24 heavy (non-hydrogen) atoms. The smallest absolute Gasteiger partial charge is 0.221 e. The standard InChI is InChI=1S/C22H41ClO/c1-2-3-4-5-6-7-8-9-10-11-12-13-14-15-16-17-18-19-20-21-22(23)24/h11-12H,2-10,13-21H2,1H3/b12-11+. The molecular formula is C22H41ClO. The molecule has 0 aromatic heterocycles. The number of carbonyl (C=O) groups excluding carboxylic acids is 1. The van der Waals surface area contributed by atoms with Gasteiger partial charge in [0.25, 0.3) is 0 Å². The minimum atomic E-state index is -0.186. The predicted molar refractivity (Wildman–Crippen MR) is 109 cm³/mol. The van der Waals surface area contributed by atoms with Gasteiger partial charge in [-0.05, 0) is 43.7 Å². The van der Waals surface area contributed by atoms with Crippen LogP contribution in [-0.4, -0.2) is 5.24 Å². The Bertz CT molecular complexity index is 286. The van der Waals surface area contributed by atoms with Crippen LogP contribution >= 0.6 is 11.6 Å². The zero-order chi connectivity index (χ0) is 17.7. The average Bonchev–Trinajstić information content (AvgIpc) is 2.56. The molecule has 0 N–H and O–H groups in total. The summed E-state index contributed by atoms with van der Waals surface area (Å²) < 4.78 is 0. The van der Waals surface area contributed by atoms with Gasteiger partial charge in [-0.25, -0.2) is 0 Å². The van der Waals surface area contributed by atoms with E-state index in [-0.39, 0.29) is 5.24 Å². The van der Waals surface area contributed by atoms with Crippen molar-refractivity contribution in [1.29, 1.82) is 0 Å². The van der Waals surface area contributed by atoms with Crippen molar-refractivity contribution in [3.05, 3.63) is 12.2 Å². The molecule has 0 aromatic carbocycles. The number of allylic oxidation sites excluding steroid dienone is 2. The summed E-state index contributed by atoms with van der Waals surface area (Å²) in [5.74, 6) is 0. The van der Waals surface area contributed by atoms with Gasteiger partial charge in [0.05, 0.1) is 0 Å². The van der Waals surface area contributed by atoms with Gasteiger partial charge in [0.1, 0.15) is 0 Å². The second-order valence-electron chi connectivity index (χ2n) is 7.10. The number of halogens is 1. The van der Waals surface area contributed by atoms with Crippen LogP contribution in [0.5, 0.6) is 0 Å². The van der Waals surface area contributed by atoms with Crippen LogP contribution < -0.4 is 0 Å². The number of carbonyl (C=O) groups is 1. The van der Waals surface area contributed by atoms with Gasteiger partial charge in [0.15, 0.2) is 0 Å². The molecule has 0 saturated carbocycles. The van der Waals surface area contributed by atoms with E-state index in [4.69, 9.17) is 11.6 Å². The highest BCUT2D eigenvalue weighted by Gasteiger charge is 1.96. The van der Waals surface area contributed by atoms with Crippen LogP contribution in [0.1, 0.15) is 122 Å². The molecule has 0 aliphatic carbocycles. The monoisotopic (exact) mass is 356 g/mol. The molecule has 0 heterocycles. The Hall–Kier alpha value is -0.300. The fourth-order valence-electron chi connectivity index (χ4n) is 3.04. The van der Waals surface area contributed by atoms with Crippen LogP contribution in [-0.2, 0) is 4.79 Å². The van der Waals surface area contributed by atoms with Gasteiger partial charge in [-0.2, -0.15) is 0 Å². The molecule has 0 spiro atoms. The normalized spacial score (nSPS) is 11.4. The number of unbranched alkanes of at least 4 members (excludes halogenated alkanes) is 15. The highest BCUT2D eigenvalue weighted by Crippen LogP contribution is 2.12. The second-order valence-corrected chi connectivity index (χ2v) is 7.53. The largest absolute Gasteiger partial charge is 0.281 e. The molecule has 0 unspecified atom stereocenters. The Balaban J connectivity index is 3.07. The maximum atomic E-state index is 10.6. The van der Waals surface area contributed by atoms with Crippen LogP contribution in [0.3, 0.4) is 0 Å². The van der Waals surface area contributed by atoms with E-state index in [2.05, 4.69) is 19.1 Å². The van der Waals surface area contributed by atoms with Crippen LogP contribution in [0.15, 0.2) is 12.2 Å². The molecule has 0 aromatic rings. The Morgan fingerprint density at radius 2 is 1.00 bits per heavy atom. The molecule has 2 heteroatoms. The molecule has 0 amide bonds. The molecule has 0 fully saturated rings. The highest BCUT2D eigenvalue weighted by molar-refractivity contribution is 6.63. The van der Waals surface area contributed by atoms with Crippen molar-refractivity contribution < 1.29 is 4.79 Å². The molecular weight excluding hydrogens is 316 g/mol. The quantitative estimate of drug-likeness (QED) is 0.129. The van der Waals surface area contributed by atoms with Crippen molar-refractivity contribution in [1.82, 2.24) is 0 Å². The molecule has 142 valence electrons. The maximum absolute atomic E-state index is 10.6. The summed E-state index contributed by atoms with van der Waals surface area (Å²) in [6.45, 7) is 2.28. The third-order valence-corrected chi connectivity index (χ3v) is 4.82. The Labute approximate surface area is 156 Å². The fraction of sp³-hybridized carbons (Fsp3) is 0.864. The lowest BCUT2D eigenvalue weighted by molar-refractivity contribution is -0.111. The Morgan fingerprint density at radius 1 is 0.625 bits per heavy atom. The minimum absolute atomic E-state index is 0.186. The lowest BCUT2D eigenvalue weighted by atomic mass is 10.1. The van der Waals surface area contributed by atoms with Crippen molar-refractivity contribution in [3.63, 3.8) is 0 Å². The molecule has 1 nitrogen and oxygen atoms in total. The van der Waals surface area contributed by atoms with E-state index in [0.29, 0.717) is 6.42 Å². The lowest BCUT2D eigenvalue weighted by Crippen LogP contribution is -1.86. The van der Waals surface area contributed by atoms with Crippen LogP contribution in [0.25, 0.3) is 0 Å². The van der Waals surface area contributed by atoms with E-state index in [1.807, 2.05) is 0 Å². The second kappa shape index (κ2) is 20.7. The van der Waals surface area contributed by atoms with Gasteiger partial charge < -0.3 is 0 Å². The van der Waals surface area contributed by atoms with Crippen molar-refractivity contribution >= 4 is 16.8 Å². The van der Waals surface area contributed by atoms with Crippen LogP contribution in [0.2, 0.25) is 0 Å². The van der Waals surface area contributed by atoms with Crippen molar-refractivity contribution in [3.8, 4) is 0 Å². The predicted octanol–water partition coefficient (Wildman–Crippen LogP) is 8.35. The molecule has 0 atom stereocenters. The van der Waals surface area contributed by atoms with Crippen molar-refractivity contribution in [2.24, 2.45) is 0 Å². The first-order valence-electron chi connectivity index (χ1n) is 10.6. The third kappa shape index (κ3) is 21.7. The summed E-state index contributed by atoms with van der Waals surface area (Å²) in [7, 11) is 0. The molecule has 0 aliphatic rings. The van der Waals surface area contributed by atoms with Crippen molar-refractivity contribution in [2.45, 2.75) is 122 Å². The van der Waals surface area contributed by atoms with Gasteiger partial charge in [-0.15, -0.1) is 0 Å². The summed E-state index contributed by atoms with van der Waals surface area (Å²) in [6.07, 6.45) is 27.8. The summed E-state index contributed by atoms with van der Waals surface area (Å²) in [5.41, 5.74) is 0.